The number of nitrogens with one attached hydrogen (secondary N) is 1. The van der Waals surface area contributed by atoms with Crippen LogP contribution in [0.5, 0.6) is 0 Å². The maximum Gasteiger partial charge on any atom is 0.225 e. The highest BCUT2D eigenvalue weighted by Crippen LogP contribution is 2.28. The summed E-state index contributed by atoms with van der Waals surface area (Å²) in [4.78, 5) is 11.5. The quantitative estimate of drug-likeness (QED) is 0.751. The number of thioether (sulfide) groups is 1. The highest BCUT2D eigenvalue weighted by atomic mass is 32.2. The van der Waals surface area contributed by atoms with Gasteiger partial charge >= 0.3 is 0 Å². The Kier molecular flexibility index (Phi) is 4.97. The average molecular weight is 229 g/mol. The van der Waals surface area contributed by atoms with Gasteiger partial charge in [-0.15, -0.1) is 0 Å². The van der Waals surface area contributed by atoms with Gasteiger partial charge in [0.2, 0.25) is 5.91 Å². The monoisotopic (exact) mass is 229 g/mol. The highest BCUT2D eigenvalue weighted by Gasteiger charge is 2.20. The molecule has 1 N–H and O–H groups in total. The first-order valence-corrected chi connectivity index (χ1v) is 6.95. The summed E-state index contributed by atoms with van der Waals surface area (Å²) in [6.07, 6.45) is 5.54. The molecule has 0 heterocycles. The van der Waals surface area contributed by atoms with Crippen LogP contribution in [-0.4, -0.2) is 23.5 Å². The molecule has 0 unspecified atom stereocenters. The van der Waals surface area contributed by atoms with E-state index in [-0.39, 0.29) is 11.3 Å². The third kappa shape index (κ3) is 4.92. The standard InChI is InChI=1S/C12H23NOS/c1-12(2,3)11(14)13-8-9-15-10-6-4-5-7-10/h10H,4-9H2,1-3H3,(H,13,14). The first-order chi connectivity index (χ1) is 7.00. The molecule has 0 saturated heterocycles. The van der Waals surface area contributed by atoms with Crippen LogP contribution in [0.1, 0.15) is 46.5 Å². The molecule has 2 nitrogen and oxygen atoms in total. The van der Waals surface area contributed by atoms with E-state index in [2.05, 4.69) is 5.32 Å². The maximum absolute atomic E-state index is 11.5. The van der Waals surface area contributed by atoms with Crippen molar-refractivity contribution in [2.24, 2.45) is 5.41 Å². The predicted octanol–water partition coefficient (Wildman–Crippen LogP) is 2.82. The van der Waals surface area contributed by atoms with Crippen molar-refractivity contribution >= 4 is 17.7 Å². The first-order valence-electron chi connectivity index (χ1n) is 5.90. The molecule has 88 valence electrons. The molecule has 1 saturated carbocycles. The Labute approximate surface area is 97.6 Å². The van der Waals surface area contributed by atoms with Gasteiger partial charge in [0.25, 0.3) is 0 Å². The van der Waals surface area contributed by atoms with Crippen molar-refractivity contribution in [1.29, 1.82) is 0 Å². The highest BCUT2D eigenvalue weighted by molar-refractivity contribution is 7.99. The minimum atomic E-state index is -0.252. The molecule has 0 aliphatic heterocycles. The van der Waals surface area contributed by atoms with Crippen LogP contribution in [0.3, 0.4) is 0 Å². The van der Waals surface area contributed by atoms with Gasteiger partial charge in [0.05, 0.1) is 0 Å². The van der Waals surface area contributed by atoms with Gasteiger partial charge in [0.1, 0.15) is 0 Å². The van der Waals surface area contributed by atoms with Crippen molar-refractivity contribution in [1.82, 2.24) is 5.32 Å². The Morgan fingerprint density at radius 2 is 1.93 bits per heavy atom. The third-order valence-corrected chi connectivity index (χ3v) is 4.11. The number of amides is 1. The predicted molar refractivity (Wildman–Crippen MR) is 67.2 cm³/mol. The molecule has 15 heavy (non-hydrogen) atoms. The smallest absolute Gasteiger partial charge is 0.225 e. The van der Waals surface area contributed by atoms with Crippen molar-refractivity contribution in [3.8, 4) is 0 Å². The molecule has 3 heteroatoms. The van der Waals surface area contributed by atoms with Gasteiger partial charge in [-0.05, 0) is 12.8 Å². The van der Waals surface area contributed by atoms with E-state index in [4.69, 9.17) is 0 Å². The fourth-order valence-electron chi connectivity index (χ4n) is 1.71. The topological polar surface area (TPSA) is 29.1 Å². The average Bonchev–Trinajstić information content (AvgIpc) is 2.63. The maximum atomic E-state index is 11.5. The molecule has 0 atom stereocenters. The van der Waals surface area contributed by atoms with Crippen molar-refractivity contribution < 1.29 is 4.79 Å². The molecule has 1 aliphatic carbocycles. The molecule has 0 aromatic rings. The van der Waals surface area contributed by atoms with Crippen molar-refractivity contribution in [2.75, 3.05) is 12.3 Å². The normalized spacial score (nSPS) is 18.1. The summed E-state index contributed by atoms with van der Waals surface area (Å²) in [5.41, 5.74) is -0.252. The fourth-order valence-corrected chi connectivity index (χ4v) is 2.93. The number of rotatable bonds is 4. The summed E-state index contributed by atoms with van der Waals surface area (Å²) in [6, 6.07) is 0. The Morgan fingerprint density at radius 1 is 1.33 bits per heavy atom. The minimum Gasteiger partial charge on any atom is -0.355 e. The third-order valence-electron chi connectivity index (χ3n) is 2.72. The number of carbonyl (C=O) groups is 1. The first kappa shape index (κ1) is 12.9. The summed E-state index contributed by atoms with van der Waals surface area (Å²) >= 11 is 2.02. The summed E-state index contributed by atoms with van der Waals surface area (Å²) in [5.74, 6) is 1.22. The van der Waals surface area contributed by atoms with Gasteiger partial charge in [-0.3, -0.25) is 4.79 Å². The Hall–Kier alpha value is -0.180. The summed E-state index contributed by atoms with van der Waals surface area (Å²) < 4.78 is 0. The van der Waals surface area contributed by atoms with E-state index in [0.29, 0.717) is 0 Å². The van der Waals surface area contributed by atoms with Crippen LogP contribution < -0.4 is 5.32 Å². The Bertz CT molecular complexity index is 204. The molecule has 1 aliphatic rings. The van der Waals surface area contributed by atoms with E-state index in [1.807, 2.05) is 32.5 Å². The van der Waals surface area contributed by atoms with Gasteiger partial charge < -0.3 is 5.32 Å². The van der Waals surface area contributed by atoms with Crippen LogP contribution in [0.15, 0.2) is 0 Å². The molecular formula is C12H23NOS. The Balaban J connectivity index is 2.03. The van der Waals surface area contributed by atoms with E-state index in [9.17, 15) is 4.79 Å². The van der Waals surface area contributed by atoms with Crippen LogP contribution >= 0.6 is 11.8 Å². The lowest BCUT2D eigenvalue weighted by molar-refractivity contribution is -0.128. The van der Waals surface area contributed by atoms with Crippen molar-refractivity contribution in [3.05, 3.63) is 0 Å². The van der Waals surface area contributed by atoms with E-state index >= 15 is 0 Å². The second-order valence-corrected chi connectivity index (χ2v) is 6.69. The zero-order chi connectivity index (χ0) is 11.3. The van der Waals surface area contributed by atoms with Gasteiger partial charge in [0.15, 0.2) is 0 Å². The summed E-state index contributed by atoms with van der Waals surface area (Å²) in [5, 5.41) is 3.84. The minimum absolute atomic E-state index is 0.162. The lowest BCUT2D eigenvalue weighted by Gasteiger charge is -2.17. The molecular weight excluding hydrogens is 206 g/mol. The van der Waals surface area contributed by atoms with Gasteiger partial charge in [-0.2, -0.15) is 11.8 Å². The zero-order valence-electron chi connectivity index (χ0n) is 10.1. The van der Waals surface area contributed by atoms with Crippen molar-refractivity contribution in [3.63, 3.8) is 0 Å². The number of hydrogen-bond acceptors (Lipinski definition) is 2. The largest absolute Gasteiger partial charge is 0.355 e. The molecule has 1 fully saturated rings. The molecule has 0 spiro atoms. The second-order valence-electron chi connectivity index (χ2n) is 5.28. The van der Waals surface area contributed by atoms with Gasteiger partial charge in [0, 0.05) is 23.0 Å². The molecule has 1 rings (SSSR count). The van der Waals surface area contributed by atoms with Crippen LogP contribution in [0, 0.1) is 5.41 Å². The second kappa shape index (κ2) is 5.78. The van der Waals surface area contributed by atoms with E-state index < -0.39 is 0 Å². The Morgan fingerprint density at radius 3 is 2.47 bits per heavy atom. The molecule has 0 aromatic carbocycles. The van der Waals surface area contributed by atoms with Gasteiger partial charge in [-0.1, -0.05) is 33.6 Å². The molecule has 1 amide bonds. The molecule has 0 radical (unpaired) electrons. The fraction of sp³-hybridized carbons (Fsp3) is 0.917. The number of hydrogen-bond donors (Lipinski definition) is 1. The van der Waals surface area contributed by atoms with Crippen LogP contribution in [0.2, 0.25) is 0 Å². The summed E-state index contributed by atoms with van der Waals surface area (Å²) in [6.45, 7) is 6.67. The van der Waals surface area contributed by atoms with Crippen LogP contribution in [0.4, 0.5) is 0 Å². The lowest BCUT2D eigenvalue weighted by Crippen LogP contribution is -2.36. The van der Waals surface area contributed by atoms with Crippen LogP contribution in [-0.2, 0) is 4.79 Å². The molecule has 0 aromatic heterocycles. The lowest BCUT2D eigenvalue weighted by atomic mass is 9.96. The zero-order valence-corrected chi connectivity index (χ0v) is 11.0. The van der Waals surface area contributed by atoms with E-state index in [1.54, 1.807) is 0 Å². The summed E-state index contributed by atoms with van der Waals surface area (Å²) in [7, 11) is 0. The molecule has 0 bridgehead atoms. The SMILES string of the molecule is CC(C)(C)C(=O)NCCSC1CCCC1. The van der Waals surface area contributed by atoms with Crippen molar-refractivity contribution in [2.45, 2.75) is 51.7 Å². The van der Waals surface area contributed by atoms with Gasteiger partial charge in [-0.25, -0.2) is 0 Å². The van der Waals surface area contributed by atoms with Crippen LogP contribution in [0.25, 0.3) is 0 Å². The van der Waals surface area contributed by atoms with E-state index in [0.717, 1.165) is 17.5 Å². The number of carbonyl (C=O) groups excluding carboxylic acids is 1. The van der Waals surface area contributed by atoms with E-state index in [1.165, 1.54) is 25.7 Å².